The number of ketones is 1. The molecule has 0 amide bonds. The SMILES string of the molecule is Cc1cccc(C#C[C@]2(C(=O)c3ccccc3)OC2c2ccccc2)c1. The Kier molecular flexibility index (Phi) is 4.16. The molecule has 1 fully saturated rings. The largest absolute Gasteiger partial charge is 0.339 e. The summed E-state index contributed by atoms with van der Waals surface area (Å²) in [5.41, 5.74) is 2.48. The minimum Gasteiger partial charge on any atom is -0.339 e. The quantitative estimate of drug-likeness (QED) is 0.392. The maximum absolute atomic E-state index is 13.2. The van der Waals surface area contributed by atoms with Crippen molar-refractivity contribution in [2.75, 3.05) is 0 Å². The van der Waals surface area contributed by atoms with E-state index in [4.69, 9.17) is 4.74 Å². The van der Waals surface area contributed by atoms with E-state index >= 15 is 0 Å². The van der Waals surface area contributed by atoms with Gasteiger partial charge in [-0.1, -0.05) is 84.6 Å². The Hall–Kier alpha value is -3.15. The van der Waals surface area contributed by atoms with Gasteiger partial charge >= 0.3 is 0 Å². The molecular weight excluding hydrogens is 320 g/mol. The lowest BCUT2D eigenvalue weighted by atomic mass is 9.91. The molecule has 1 aliphatic heterocycles. The van der Waals surface area contributed by atoms with Gasteiger partial charge in [-0.05, 0) is 30.2 Å². The third kappa shape index (κ3) is 3.06. The van der Waals surface area contributed by atoms with Crippen molar-refractivity contribution in [2.24, 2.45) is 0 Å². The first kappa shape index (κ1) is 16.3. The van der Waals surface area contributed by atoms with Crippen LogP contribution >= 0.6 is 0 Å². The fourth-order valence-electron chi connectivity index (χ4n) is 3.10. The molecule has 4 rings (SSSR count). The summed E-state index contributed by atoms with van der Waals surface area (Å²) in [6.45, 7) is 2.02. The molecule has 0 bridgehead atoms. The third-order valence-corrected chi connectivity index (χ3v) is 4.50. The molecule has 1 saturated heterocycles. The molecule has 2 atom stereocenters. The topological polar surface area (TPSA) is 29.6 Å². The standard InChI is InChI=1S/C24H18O2/c1-18-9-8-10-19(17-18)15-16-24(22(25)20-11-4-2-5-12-20)23(26-24)21-13-6-3-7-14-21/h2-14,17,23H,1H3/t23?,24-/m1/s1. The van der Waals surface area contributed by atoms with Gasteiger partial charge in [-0.25, -0.2) is 0 Å². The van der Waals surface area contributed by atoms with Crippen molar-refractivity contribution >= 4 is 5.78 Å². The third-order valence-electron chi connectivity index (χ3n) is 4.50. The highest BCUT2D eigenvalue weighted by molar-refractivity contribution is 6.07. The number of ether oxygens (including phenoxy) is 1. The van der Waals surface area contributed by atoms with Crippen LogP contribution in [0.1, 0.15) is 33.2 Å². The molecule has 2 nitrogen and oxygen atoms in total. The van der Waals surface area contributed by atoms with Crippen LogP contribution < -0.4 is 0 Å². The first-order chi connectivity index (χ1) is 12.7. The molecule has 3 aromatic rings. The molecule has 0 aliphatic carbocycles. The Balaban J connectivity index is 1.74. The molecule has 0 aromatic heterocycles. The lowest BCUT2D eigenvalue weighted by Gasteiger charge is -2.06. The highest BCUT2D eigenvalue weighted by Crippen LogP contribution is 2.51. The number of hydrogen-bond acceptors (Lipinski definition) is 2. The van der Waals surface area contributed by atoms with Gasteiger partial charge < -0.3 is 4.74 Å². The van der Waals surface area contributed by atoms with E-state index in [0.717, 1.165) is 16.7 Å². The minimum absolute atomic E-state index is 0.0906. The molecule has 0 saturated carbocycles. The van der Waals surface area contributed by atoms with Crippen LogP contribution in [0.2, 0.25) is 0 Å². The molecule has 26 heavy (non-hydrogen) atoms. The second kappa shape index (κ2) is 6.63. The van der Waals surface area contributed by atoms with Gasteiger partial charge in [-0.15, -0.1) is 0 Å². The number of carbonyl (C=O) groups is 1. The zero-order chi connectivity index (χ0) is 18.0. The van der Waals surface area contributed by atoms with E-state index in [-0.39, 0.29) is 11.9 Å². The van der Waals surface area contributed by atoms with Crippen molar-refractivity contribution in [3.8, 4) is 11.8 Å². The van der Waals surface area contributed by atoms with E-state index < -0.39 is 5.60 Å². The molecule has 126 valence electrons. The van der Waals surface area contributed by atoms with Crippen LogP contribution in [0.25, 0.3) is 0 Å². The Labute approximate surface area is 153 Å². The van der Waals surface area contributed by atoms with Gasteiger partial charge in [-0.3, -0.25) is 4.79 Å². The molecule has 0 radical (unpaired) electrons. The second-order valence-corrected chi connectivity index (χ2v) is 6.46. The zero-order valence-corrected chi connectivity index (χ0v) is 14.5. The Bertz CT molecular complexity index is 996. The van der Waals surface area contributed by atoms with Gasteiger partial charge in [0.1, 0.15) is 6.10 Å². The smallest absolute Gasteiger partial charge is 0.223 e. The first-order valence-electron chi connectivity index (χ1n) is 8.61. The highest BCUT2D eigenvalue weighted by Gasteiger charge is 2.62. The number of carbonyl (C=O) groups excluding carboxylic acids is 1. The zero-order valence-electron chi connectivity index (χ0n) is 14.5. The average Bonchev–Trinajstić information content (AvgIpc) is 3.43. The first-order valence-corrected chi connectivity index (χ1v) is 8.61. The van der Waals surface area contributed by atoms with Crippen LogP contribution in [-0.4, -0.2) is 11.4 Å². The summed E-state index contributed by atoms with van der Waals surface area (Å²) >= 11 is 0. The van der Waals surface area contributed by atoms with Gasteiger partial charge in [0.15, 0.2) is 0 Å². The van der Waals surface area contributed by atoms with E-state index in [2.05, 4.69) is 11.8 Å². The molecule has 2 heteroatoms. The molecule has 1 unspecified atom stereocenters. The predicted molar refractivity (Wildman–Crippen MR) is 102 cm³/mol. The van der Waals surface area contributed by atoms with Gasteiger partial charge in [-0.2, -0.15) is 0 Å². The van der Waals surface area contributed by atoms with Crippen LogP contribution in [0.4, 0.5) is 0 Å². The van der Waals surface area contributed by atoms with Crippen LogP contribution in [0.15, 0.2) is 84.9 Å². The van der Waals surface area contributed by atoms with E-state index in [1.807, 2.05) is 91.9 Å². The fraction of sp³-hybridized carbons (Fsp3) is 0.125. The molecule has 1 aliphatic rings. The molecule has 0 spiro atoms. The monoisotopic (exact) mass is 338 g/mol. The minimum atomic E-state index is -1.12. The number of hydrogen-bond donors (Lipinski definition) is 0. The van der Waals surface area contributed by atoms with Crippen molar-refractivity contribution in [1.82, 2.24) is 0 Å². The van der Waals surface area contributed by atoms with Gasteiger partial charge in [0, 0.05) is 11.1 Å². The number of rotatable bonds is 3. The summed E-state index contributed by atoms with van der Waals surface area (Å²) in [7, 11) is 0. The van der Waals surface area contributed by atoms with Crippen LogP contribution in [0.5, 0.6) is 0 Å². The second-order valence-electron chi connectivity index (χ2n) is 6.46. The van der Waals surface area contributed by atoms with Gasteiger partial charge in [0.25, 0.3) is 0 Å². The predicted octanol–water partition coefficient (Wildman–Crippen LogP) is 4.74. The van der Waals surface area contributed by atoms with E-state index in [9.17, 15) is 4.79 Å². The highest BCUT2D eigenvalue weighted by atomic mass is 16.6. The normalized spacial score (nSPS) is 20.7. The van der Waals surface area contributed by atoms with E-state index in [1.54, 1.807) is 0 Å². The van der Waals surface area contributed by atoms with Crippen LogP contribution in [0, 0.1) is 18.8 Å². The van der Waals surface area contributed by atoms with E-state index in [1.165, 1.54) is 0 Å². The lowest BCUT2D eigenvalue weighted by Crippen LogP contribution is -2.24. The van der Waals surface area contributed by atoms with Crippen molar-refractivity contribution in [2.45, 2.75) is 18.6 Å². The summed E-state index contributed by atoms with van der Waals surface area (Å²) in [6.07, 6.45) is -0.339. The Morgan fingerprint density at radius 1 is 0.923 bits per heavy atom. The molecule has 3 aromatic carbocycles. The number of Topliss-reactive ketones (excluding diaryl/α,β-unsaturated/α-hetero) is 1. The molecular formula is C24H18O2. The summed E-state index contributed by atoms with van der Waals surface area (Å²) in [6, 6.07) is 26.9. The Morgan fingerprint density at radius 3 is 2.31 bits per heavy atom. The average molecular weight is 338 g/mol. The summed E-state index contributed by atoms with van der Waals surface area (Å²) in [5.74, 6) is 6.19. The van der Waals surface area contributed by atoms with Crippen molar-refractivity contribution in [3.63, 3.8) is 0 Å². The van der Waals surface area contributed by atoms with Crippen molar-refractivity contribution in [3.05, 3.63) is 107 Å². The van der Waals surface area contributed by atoms with Crippen LogP contribution in [0.3, 0.4) is 0 Å². The van der Waals surface area contributed by atoms with Gasteiger partial charge in [0.2, 0.25) is 11.4 Å². The maximum Gasteiger partial charge on any atom is 0.223 e. The summed E-state index contributed by atoms with van der Waals surface area (Å²) < 4.78 is 5.94. The number of epoxide rings is 1. The van der Waals surface area contributed by atoms with Gasteiger partial charge in [0.05, 0.1) is 0 Å². The fourth-order valence-corrected chi connectivity index (χ4v) is 3.10. The summed E-state index contributed by atoms with van der Waals surface area (Å²) in [4.78, 5) is 13.2. The van der Waals surface area contributed by atoms with E-state index in [0.29, 0.717) is 5.56 Å². The Morgan fingerprint density at radius 2 is 1.62 bits per heavy atom. The number of benzene rings is 3. The van der Waals surface area contributed by atoms with Crippen LogP contribution in [-0.2, 0) is 4.74 Å². The molecule has 0 N–H and O–H groups in total. The summed E-state index contributed by atoms with van der Waals surface area (Å²) in [5, 5.41) is 0. The van der Waals surface area contributed by atoms with Crippen molar-refractivity contribution in [1.29, 1.82) is 0 Å². The lowest BCUT2D eigenvalue weighted by molar-refractivity contribution is 0.0916. The molecule has 1 heterocycles. The number of aryl methyl sites for hydroxylation is 1. The van der Waals surface area contributed by atoms with Crippen molar-refractivity contribution < 1.29 is 9.53 Å². The maximum atomic E-state index is 13.2.